The predicted octanol–water partition coefficient (Wildman–Crippen LogP) is 3.75. The molecular formula is C18H28N2O4. The van der Waals surface area contributed by atoms with Gasteiger partial charge in [-0.25, -0.2) is 0 Å². The summed E-state index contributed by atoms with van der Waals surface area (Å²) in [6.45, 7) is 4.31. The maximum absolute atomic E-state index is 11.1. The van der Waals surface area contributed by atoms with Gasteiger partial charge in [-0.2, -0.15) is 0 Å². The summed E-state index contributed by atoms with van der Waals surface area (Å²) in [5.41, 5.74) is 1.32. The van der Waals surface area contributed by atoms with E-state index in [0.29, 0.717) is 24.2 Å². The molecule has 0 aliphatic heterocycles. The zero-order valence-corrected chi connectivity index (χ0v) is 14.5. The van der Waals surface area contributed by atoms with Crippen molar-refractivity contribution in [3.05, 3.63) is 0 Å². The Morgan fingerprint density at radius 2 is 1.75 bits per heavy atom. The lowest BCUT2D eigenvalue weighted by Gasteiger charge is -2.55. The van der Waals surface area contributed by atoms with E-state index in [2.05, 4.69) is 24.2 Å². The molecule has 0 radical (unpaired) electrons. The van der Waals surface area contributed by atoms with Gasteiger partial charge in [-0.05, 0) is 62.7 Å². The van der Waals surface area contributed by atoms with Gasteiger partial charge >= 0.3 is 5.97 Å². The third-order valence-corrected chi connectivity index (χ3v) is 7.47. The van der Waals surface area contributed by atoms with E-state index in [9.17, 15) is 15.2 Å². The highest BCUT2D eigenvalue weighted by Crippen LogP contribution is 2.62. The standard InChI is InChI=1S/C18H28N2O4/c1-17-9-7-13-11(12(17)4-6-15(17)20-24)3-5-14(19-23)18(13,2)10-8-16(21)22/h11-13,23-24H,3-10H2,1-2H3,(H,21,22). The molecule has 134 valence electrons. The molecule has 0 heterocycles. The summed E-state index contributed by atoms with van der Waals surface area (Å²) in [4.78, 5) is 11.1. The molecule has 0 aromatic rings. The molecule has 0 aromatic heterocycles. The molecule has 3 saturated carbocycles. The Balaban J connectivity index is 1.91. The minimum absolute atomic E-state index is 0.0303. The smallest absolute Gasteiger partial charge is 0.303 e. The van der Waals surface area contributed by atoms with E-state index in [4.69, 9.17) is 5.11 Å². The molecule has 5 atom stereocenters. The minimum Gasteiger partial charge on any atom is -0.481 e. The molecule has 24 heavy (non-hydrogen) atoms. The van der Waals surface area contributed by atoms with Crippen molar-refractivity contribution in [2.24, 2.45) is 38.9 Å². The van der Waals surface area contributed by atoms with Gasteiger partial charge in [0.15, 0.2) is 0 Å². The molecule has 3 aliphatic carbocycles. The van der Waals surface area contributed by atoms with Crippen LogP contribution < -0.4 is 0 Å². The van der Waals surface area contributed by atoms with Gasteiger partial charge in [0, 0.05) is 17.3 Å². The number of oxime groups is 2. The van der Waals surface area contributed by atoms with Gasteiger partial charge in [-0.1, -0.05) is 24.2 Å². The number of carboxylic acids is 1. The summed E-state index contributed by atoms with van der Waals surface area (Å²) in [5, 5.41) is 35.1. The van der Waals surface area contributed by atoms with E-state index in [1.807, 2.05) is 0 Å². The molecule has 6 heteroatoms. The van der Waals surface area contributed by atoms with Gasteiger partial charge in [0.2, 0.25) is 0 Å². The zero-order chi connectivity index (χ0) is 17.5. The Kier molecular flexibility index (Phi) is 4.34. The maximum atomic E-state index is 11.1. The molecule has 3 fully saturated rings. The number of hydrogen-bond acceptors (Lipinski definition) is 5. The molecule has 0 amide bonds. The minimum atomic E-state index is -0.799. The molecule has 0 spiro atoms. The lowest BCUT2D eigenvalue weighted by molar-refractivity contribution is -0.137. The second kappa shape index (κ2) is 6.05. The Morgan fingerprint density at radius 3 is 2.38 bits per heavy atom. The average molecular weight is 336 g/mol. The number of aliphatic carboxylic acids is 1. The van der Waals surface area contributed by atoms with Crippen LogP contribution in [0.5, 0.6) is 0 Å². The number of fused-ring (bicyclic) bond motifs is 3. The van der Waals surface area contributed by atoms with Crippen molar-refractivity contribution in [1.29, 1.82) is 0 Å². The molecule has 3 N–H and O–H groups in total. The topological polar surface area (TPSA) is 102 Å². The van der Waals surface area contributed by atoms with Crippen molar-refractivity contribution < 1.29 is 20.3 Å². The van der Waals surface area contributed by atoms with Crippen LogP contribution in [-0.4, -0.2) is 32.9 Å². The van der Waals surface area contributed by atoms with Crippen molar-refractivity contribution in [3.8, 4) is 0 Å². The van der Waals surface area contributed by atoms with Gasteiger partial charge in [0.1, 0.15) is 0 Å². The summed E-state index contributed by atoms with van der Waals surface area (Å²) in [7, 11) is 0. The van der Waals surface area contributed by atoms with E-state index in [1.54, 1.807) is 0 Å². The van der Waals surface area contributed by atoms with Crippen molar-refractivity contribution in [1.82, 2.24) is 0 Å². The Labute approximate surface area is 142 Å². The highest BCUT2D eigenvalue weighted by Gasteiger charge is 2.58. The Hall–Kier alpha value is -1.59. The van der Waals surface area contributed by atoms with Gasteiger partial charge in [-0.15, -0.1) is 0 Å². The van der Waals surface area contributed by atoms with Crippen molar-refractivity contribution in [3.63, 3.8) is 0 Å². The summed E-state index contributed by atoms with van der Waals surface area (Å²) >= 11 is 0. The van der Waals surface area contributed by atoms with Gasteiger partial charge in [0.25, 0.3) is 0 Å². The third-order valence-electron chi connectivity index (χ3n) is 7.47. The Bertz CT molecular complexity index is 588. The highest BCUT2D eigenvalue weighted by molar-refractivity contribution is 5.93. The monoisotopic (exact) mass is 336 g/mol. The predicted molar refractivity (Wildman–Crippen MR) is 89.7 cm³/mol. The lowest BCUT2D eigenvalue weighted by Crippen LogP contribution is -2.52. The first-order chi connectivity index (χ1) is 11.4. The van der Waals surface area contributed by atoms with Gasteiger partial charge < -0.3 is 15.5 Å². The molecule has 3 rings (SSSR count). The Morgan fingerprint density at radius 1 is 1.08 bits per heavy atom. The fourth-order valence-electron chi connectivity index (χ4n) is 6.10. The fourth-order valence-corrected chi connectivity index (χ4v) is 6.10. The number of hydrogen-bond donors (Lipinski definition) is 3. The molecule has 0 saturated heterocycles. The second-order valence-corrected chi connectivity index (χ2v) is 8.31. The first-order valence-electron chi connectivity index (χ1n) is 9.01. The number of carbonyl (C=O) groups is 1. The largest absolute Gasteiger partial charge is 0.481 e. The van der Waals surface area contributed by atoms with Crippen LogP contribution in [0.3, 0.4) is 0 Å². The van der Waals surface area contributed by atoms with Crippen LogP contribution >= 0.6 is 0 Å². The quantitative estimate of drug-likeness (QED) is 0.539. The van der Waals surface area contributed by atoms with Gasteiger partial charge in [0.05, 0.1) is 11.4 Å². The average Bonchev–Trinajstić information content (AvgIpc) is 2.90. The van der Waals surface area contributed by atoms with Crippen molar-refractivity contribution in [2.45, 2.75) is 65.2 Å². The summed E-state index contributed by atoms with van der Waals surface area (Å²) < 4.78 is 0. The summed E-state index contributed by atoms with van der Waals surface area (Å²) in [6, 6.07) is 0. The van der Waals surface area contributed by atoms with Crippen LogP contribution in [0.2, 0.25) is 0 Å². The first-order valence-corrected chi connectivity index (χ1v) is 9.01. The number of carboxylic acid groups (broad SMARTS) is 1. The fraction of sp³-hybridized carbons (Fsp3) is 0.833. The van der Waals surface area contributed by atoms with Crippen LogP contribution in [0.1, 0.15) is 65.2 Å². The summed E-state index contributed by atoms with van der Waals surface area (Å²) in [5.74, 6) is 0.498. The van der Waals surface area contributed by atoms with Gasteiger partial charge in [-0.3, -0.25) is 4.79 Å². The highest BCUT2D eigenvalue weighted by atomic mass is 16.4. The van der Waals surface area contributed by atoms with E-state index in [1.165, 1.54) is 0 Å². The normalized spacial score (nSPS) is 45.2. The molecule has 0 aromatic carbocycles. The van der Waals surface area contributed by atoms with E-state index in [0.717, 1.165) is 49.9 Å². The number of rotatable bonds is 3. The van der Waals surface area contributed by atoms with Crippen LogP contribution in [-0.2, 0) is 4.79 Å². The lowest BCUT2D eigenvalue weighted by atomic mass is 9.49. The maximum Gasteiger partial charge on any atom is 0.303 e. The molecule has 6 nitrogen and oxygen atoms in total. The molecule has 3 aliphatic rings. The van der Waals surface area contributed by atoms with E-state index < -0.39 is 5.97 Å². The van der Waals surface area contributed by atoms with Crippen molar-refractivity contribution in [2.75, 3.05) is 0 Å². The van der Waals surface area contributed by atoms with Crippen LogP contribution in [0, 0.1) is 28.6 Å². The van der Waals surface area contributed by atoms with Crippen LogP contribution in [0.15, 0.2) is 10.3 Å². The van der Waals surface area contributed by atoms with Crippen LogP contribution in [0.25, 0.3) is 0 Å². The van der Waals surface area contributed by atoms with E-state index in [-0.39, 0.29) is 17.3 Å². The SMILES string of the molecule is CC1(CCC(=O)O)C(=NO)CCC2C1CCC1(C)C(=NO)CCC21. The van der Waals surface area contributed by atoms with E-state index >= 15 is 0 Å². The first kappa shape index (κ1) is 17.2. The van der Waals surface area contributed by atoms with Crippen LogP contribution in [0.4, 0.5) is 0 Å². The third kappa shape index (κ3) is 2.42. The molecule has 5 unspecified atom stereocenters. The molecular weight excluding hydrogens is 308 g/mol. The zero-order valence-electron chi connectivity index (χ0n) is 14.5. The molecule has 0 bridgehead atoms. The second-order valence-electron chi connectivity index (χ2n) is 8.31. The van der Waals surface area contributed by atoms with Crippen molar-refractivity contribution >= 4 is 17.4 Å². The number of nitrogens with zero attached hydrogens (tertiary/aromatic N) is 2. The summed E-state index contributed by atoms with van der Waals surface area (Å²) in [6.07, 6.45) is 6.14.